The summed E-state index contributed by atoms with van der Waals surface area (Å²) in [6.07, 6.45) is 4.71. The van der Waals surface area contributed by atoms with Gasteiger partial charge in [0.1, 0.15) is 5.75 Å². The monoisotopic (exact) mass is 293 g/mol. The van der Waals surface area contributed by atoms with Crippen molar-refractivity contribution in [3.05, 3.63) is 29.8 Å². The van der Waals surface area contributed by atoms with Gasteiger partial charge in [0.15, 0.2) is 0 Å². The Morgan fingerprint density at radius 2 is 1.95 bits per heavy atom. The summed E-state index contributed by atoms with van der Waals surface area (Å²) >= 11 is 0. The van der Waals surface area contributed by atoms with Crippen molar-refractivity contribution >= 4 is 0 Å². The summed E-state index contributed by atoms with van der Waals surface area (Å²) in [5.41, 5.74) is 6.64. The van der Waals surface area contributed by atoms with E-state index in [-0.39, 0.29) is 5.41 Å². The van der Waals surface area contributed by atoms with Gasteiger partial charge in [-0.1, -0.05) is 39.3 Å². The highest BCUT2D eigenvalue weighted by Gasteiger charge is 2.26. The van der Waals surface area contributed by atoms with Crippen molar-refractivity contribution in [2.24, 2.45) is 11.1 Å². The second-order valence-corrected chi connectivity index (χ2v) is 5.91. The van der Waals surface area contributed by atoms with Crippen LogP contribution in [0.25, 0.3) is 0 Å². The van der Waals surface area contributed by atoms with Crippen molar-refractivity contribution in [3.8, 4) is 5.75 Å². The molecule has 0 aliphatic rings. The van der Waals surface area contributed by atoms with Gasteiger partial charge < -0.3 is 15.6 Å². The predicted octanol–water partition coefficient (Wildman–Crippen LogP) is 4.05. The molecule has 0 saturated heterocycles. The largest absolute Gasteiger partial charge is 0.493 e. The summed E-state index contributed by atoms with van der Waals surface area (Å²) in [5.74, 6) is 0.839. The van der Waals surface area contributed by atoms with Crippen LogP contribution >= 0.6 is 0 Å². The first-order chi connectivity index (χ1) is 10.1. The lowest BCUT2D eigenvalue weighted by Gasteiger charge is -2.31. The molecule has 1 aromatic rings. The number of hydrogen-bond acceptors (Lipinski definition) is 3. The molecule has 21 heavy (non-hydrogen) atoms. The van der Waals surface area contributed by atoms with Crippen LogP contribution in [0.3, 0.4) is 0 Å². The van der Waals surface area contributed by atoms with Crippen LogP contribution in [0.5, 0.6) is 5.75 Å². The normalized spacial score (nSPS) is 13.2. The molecule has 3 nitrogen and oxygen atoms in total. The zero-order valence-corrected chi connectivity index (χ0v) is 13.8. The molecule has 0 aliphatic heterocycles. The fraction of sp³-hybridized carbons (Fsp3) is 0.667. The number of benzene rings is 1. The van der Waals surface area contributed by atoms with E-state index >= 15 is 0 Å². The summed E-state index contributed by atoms with van der Waals surface area (Å²) in [6.45, 7) is 7.93. The molecule has 0 saturated carbocycles. The minimum atomic E-state index is -0.503. The fourth-order valence-corrected chi connectivity index (χ4v) is 2.78. The molecule has 0 aromatic heterocycles. The van der Waals surface area contributed by atoms with Crippen LogP contribution in [0, 0.1) is 5.41 Å². The minimum Gasteiger partial charge on any atom is -0.493 e. The van der Waals surface area contributed by atoms with Gasteiger partial charge in [0.25, 0.3) is 0 Å². The first kappa shape index (κ1) is 18.0. The molecule has 1 aromatic carbocycles. The number of aliphatic hydroxyl groups excluding tert-OH is 1. The van der Waals surface area contributed by atoms with Gasteiger partial charge in [-0.25, -0.2) is 0 Å². The molecule has 0 aliphatic carbocycles. The van der Waals surface area contributed by atoms with E-state index in [0.717, 1.165) is 30.8 Å². The van der Waals surface area contributed by atoms with Gasteiger partial charge in [-0.3, -0.25) is 0 Å². The van der Waals surface area contributed by atoms with Crippen LogP contribution in [0.1, 0.15) is 64.5 Å². The predicted molar refractivity (Wildman–Crippen MR) is 88.5 cm³/mol. The Bertz CT molecular complexity index is 402. The van der Waals surface area contributed by atoms with E-state index < -0.39 is 6.10 Å². The third-order valence-electron chi connectivity index (χ3n) is 4.51. The average molecular weight is 293 g/mol. The summed E-state index contributed by atoms with van der Waals surface area (Å²) in [5, 5.41) is 10.0. The van der Waals surface area contributed by atoms with E-state index in [1.54, 1.807) is 0 Å². The molecule has 1 unspecified atom stereocenters. The van der Waals surface area contributed by atoms with Gasteiger partial charge in [-0.15, -0.1) is 0 Å². The van der Waals surface area contributed by atoms with Crippen LogP contribution in [0.15, 0.2) is 24.3 Å². The SMILES string of the molecule is CCCC(CC)(CC)COc1cccc(C(O)CCN)c1. The van der Waals surface area contributed by atoms with E-state index in [2.05, 4.69) is 20.8 Å². The molecule has 1 atom stereocenters. The van der Waals surface area contributed by atoms with E-state index in [1.807, 2.05) is 24.3 Å². The lowest BCUT2D eigenvalue weighted by molar-refractivity contribution is 0.120. The van der Waals surface area contributed by atoms with Crippen LogP contribution in [0.4, 0.5) is 0 Å². The average Bonchev–Trinajstić information content (AvgIpc) is 2.52. The maximum atomic E-state index is 10.0. The second-order valence-electron chi connectivity index (χ2n) is 5.91. The van der Waals surface area contributed by atoms with Crippen LogP contribution < -0.4 is 10.5 Å². The summed E-state index contributed by atoms with van der Waals surface area (Å²) in [7, 11) is 0. The number of aliphatic hydroxyl groups is 1. The Labute approximate surface area is 129 Å². The topological polar surface area (TPSA) is 55.5 Å². The maximum Gasteiger partial charge on any atom is 0.119 e. The highest BCUT2D eigenvalue weighted by Crippen LogP contribution is 2.33. The zero-order valence-electron chi connectivity index (χ0n) is 13.8. The lowest BCUT2D eigenvalue weighted by atomic mass is 9.79. The highest BCUT2D eigenvalue weighted by molar-refractivity contribution is 5.30. The number of nitrogens with two attached hydrogens (primary N) is 1. The van der Waals surface area contributed by atoms with Crippen LogP contribution in [0.2, 0.25) is 0 Å². The summed E-state index contributed by atoms with van der Waals surface area (Å²) in [4.78, 5) is 0. The smallest absolute Gasteiger partial charge is 0.119 e. The Morgan fingerprint density at radius 1 is 1.24 bits per heavy atom. The highest BCUT2D eigenvalue weighted by atomic mass is 16.5. The van der Waals surface area contributed by atoms with Crippen molar-refractivity contribution in [3.63, 3.8) is 0 Å². The van der Waals surface area contributed by atoms with Crippen molar-refractivity contribution in [1.82, 2.24) is 0 Å². The van der Waals surface area contributed by atoms with E-state index in [1.165, 1.54) is 12.8 Å². The zero-order chi connectivity index (χ0) is 15.7. The quantitative estimate of drug-likeness (QED) is 0.684. The van der Waals surface area contributed by atoms with Crippen molar-refractivity contribution in [1.29, 1.82) is 0 Å². The van der Waals surface area contributed by atoms with Crippen molar-refractivity contribution in [2.45, 2.75) is 59.0 Å². The Hall–Kier alpha value is -1.06. The number of ether oxygens (including phenoxy) is 1. The number of rotatable bonds is 10. The molecule has 0 bridgehead atoms. The number of hydrogen-bond donors (Lipinski definition) is 2. The van der Waals surface area contributed by atoms with Gasteiger partial charge in [0.2, 0.25) is 0 Å². The first-order valence-electron chi connectivity index (χ1n) is 8.21. The van der Waals surface area contributed by atoms with Gasteiger partial charge in [-0.2, -0.15) is 0 Å². The van der Waals surface area contributed by atoms with E-state index in [4.69, 9.17) is 10.5 Å². The molecular weight excluding hydrogens is 262 g/mol. The molecule has 0 radical (unpaired) electrons. The maximum absolute atomic E-state index is 10.0. The third-order valence-corrected chi connectivity index (χ3v) is 4.51. The molecule has 0 fully saturated rings. The molecule has 120 valence electrons. The molecule has 0 amide bonds. The second kappa shape index (κ2) is 9.06. The Kier molecular flexibility index (Phi) is 7.76. The van der Waals surface area contributed by atoms with Gasteiger partial charge in [0, 0.05) is 5.41 Å². The van der Waals surface area contributed by atoms with E-state index in [0.29, 0.717) is 13.0 Å². The third kappa shape index (κ3) is 5.33. The molecule has 1 rings (SSSR count). The molecule has 0 heterocycles. The Balaban J connectivity index is 2.72. The first-order valence-corrected chi connectivity index (χ1v) is 8.21. The molecule has 0 spiro atoms. The van der Waals surface area contributed by atoms with Gasteiger partial charge in [0.05, 0.1) is 12.7 Å². The standard InChI is InChI=1S/C18H31NO2/c1-4-11-18(5-2,6-3)14-21-16-9-7-8-15(13-16)17(20)10-12-19/h7-9,13,17,20H,4-6,10-12,14,19H2,1-3H3. The molecule has 3 N–H and O–H groups in total. The fourth-order valence-electron chi connectivity index (χ4n) is 2.78. The van der Waals surface area contributed by atoms with Crippen LogP contribution in [-0.4, -0.2) is 18.3 Å². The summed E-state index contributed by atoms with van der Waals surface area (Å²) in [6, 6.07) is 7.75. The van der Waals surface area contributed by atoms with Crippen LogP contribution in [-0.2, 0) is 0 Å². The van der Waals surface area contributed by atoms with Gasteiger partial charge >= 0.3 is 0 Å². The minimum absolute atomic E-state index is 0.265. The van der Waals surface area contributed by atoms with Crippen molar-refractivity contribution < 1.29 is 9.84 Å². The molecular formula is C18H31NO2. The molecule has 3 heteroatoms. The van der Waals surface area contributed by atoms with Gasteiger partial charge in [-0.05, 0) is 49.9 Å². The summed E-state index contributed by atoms with van der Waals surface area (Å²) < 4.78 is 6.03. The lowest BCUT2D eigenvalue weighted by Crippen LogP contribution is -2.27. The van der Waals surface area contributed by atoms with E-state index in [9.17, 15) is 5.11 Å². The van der Waals surface area contributed by atoms with Crippen molar-refractivity contribution in [2.75, 3.05) is 13.2 Å². The Morgan fingerprint density at radius 3 is 2.52 bits per heavy atom.